The number of hydrogen-bond acceptors (Lipinski definition) is 4. The van der Waals surface area contributed by atoms with Crippen LogP contribution in [0.25, 0.3) is 0 Å². The van der Waals surface area contributed by atoms with Crippen LogP contribution in [0.5, 0.6) is 11.5 Å². The summed E-state index contributed by atoms with van der Waals surface area (Å²) in [4.78, 5) is 28.4. The summed E-state index contributed by atoms with van der Waals surface area (Å²) < 4.78 is 11.2. The van der Waals surface area contributed by atoms with Crippen molar-refractivity contribution in [2.75, 3.05) is 13.7 Å². The van der Waals surface area contributed by atoms with Crippen LogP contribution in [0.4, 0.5) is 0 Å². The van der Waals surface area contributed by atoms with E-state index in [1.807, 2.05) is 55.5 Å². The van der Waals surface area contributed by atoms with Gasteiger partial charge in [-0.05, 0) is 60.6 Å². The lowest BCUT2D eigenvalue weighted by molar-refractivity contribution is -0.143. The molecule has 1 aliphatic rings. The molecule has 2 aromatic rings. The molecule has 1 N–H and O–H groups in total. The number of carbonyl (C=O) groups excluding carboxylic acids is 2. The summed E-state index contributed by atoms with van der Waals surface area (Å²) in [5.74, 6) is 1.49. The molecular formula is C29H40N2O4. The van der Waals surface area contributed by atoms with Gasteiger partial charge in [-0.3, -0.25) is 9.59 Å². The number of ether oxygens (including phenoxy) is 2. The smallest absolute Gasteiger partial charge is 0.261 e. The summed E-state index contributed by atoms with van der Waals surface area (Å²) >= 11 is 0. The first-order valence-corrected chi connectivity index (χ1v) is 12.9. The summed E-state index contributed by atoms with van der Waals surface area (Å²) in [6.45, 7) is 6.40. The topological polar surface area (TPSA) is 67.9 Å². The van der Waals surface area contributed by atoms with Crippen LogP contribution in [0.1, 0.15) is 76.3 Å². The Bertz CT molecular complexity index is 951. The molecule has 190 valence electrons. The van der Waals surface area contributed by atoms with Gasteiger partial charge < -0.3 is 19.7 Å². The first-order chi connectivity index (χ1) is 16.9. The average Bonchev–Trinajstić information content (AvgIpc) is 2.88. The average molecular weight is 481 g/mol. The molecule has 1 atom stereocenters. The van der Waals surface area contributed by atoms with Gasteiger partial charge in [-0.15, -0.1) is 0 Å². The molecular weight excluding hydrogens is 440 g/mol. The highest BCUT2D eigenvalue weighted by atomic mass is 16.5. The Hall–Kier alpha value is -3.02. The number of amides is 2. The fourth-order valence-electron chi connectivity index (χ4n) is 4.61. The number of hydrogen-bond donors (Lipinski definition) is 1. The molecule has 0 aromatic heterocycles. The standard InChI is InChI=1S/C29H40N2O4/c1-5-27(29(33)30-24-11-7-6-8-12-24)31(19-22-10-9-13-26(18-22)34-4)28(32)20-35-25-16-14-23(15-17-25)21(2)3/h9-10,13-18,21,24,27H,5-8,11-12,19-20H2,1-4H3,(H,30,33)/t27-/m1/s1. The lowest BCUT2D eigenvalue weighted by Gasteiger charge is -2.32. The maximum absolute atomic E-state index is 13.4. The number of nitrogens with zero attached hydrogens (tertiary/aromatic N) is 1. The van der Waals surface area contributed by atoms with Crippen molar-refractivity contribution in [3.63, 3.8) is 0 Å². The lowest BCUT2D eigenvalue weighted by atomic mass is 9.95. The molecule has 6 heteroatoms. The second kappa shape index (κ2) is 13.2. The van der Waals surface area contributed by atoms with Gasteiger partial charge in [0.25, 0.3) is 5.91 Å². The molecule has 1 fully saturated rings. The van der Waals surface area contributed by atoms with Crippen molar-refractivity contribution in [3.05, 3.63) is 59.7 Å². The van der Waals surface area contributed by atoms with E-state index in [0.29, 0.717) is 24.6 Å². The SMILES string of the molecule is CC[C@H](C(=O)NC1CCCCC1)N(Cc1cccc(OC)c1)C(=O)COc1ccc(C(C)C)cc1. The molecule has 0 heterocycles. The molecule has 2 aromatic carbocycles. The molecule has 0 spiro atoms. The number of rotatable bonds is 11. The lowest BCUT2D eigenvalue weighted by Crippen LogP contribution is -2.52. The number of benzene rings is 2. The van der Waals surface area contributed by atoms with Crippen molar-refractivity contribution in [1.82, 2.24) is 10.2 Å². The van der Waals surface area contributed by atoms with E-state index in [2.05, 4.69) is 19.2 Å². The van der Waals surface area contributed by atoms with Crippen LogP contribution in [0.3, 0.4) is 0 Å². The van der Waals surface area contributed by atoms with Gasteiger partial charge in [-0.2, -0.15) is 0 Å². The molecule has 6 nitrogen and oxygen atoms in total. The minimum Gasteiger partial charge on any atom is -0.497 e. The predicted octanol–water partition coefficient (Wildman–Crippen LogP) is 5.45. The van der Waals surface area contributed by atoms with Crippen molar-refractivity contribution in [1.29, 1.82) is 0 Å². The zero-order valence-electron chi connectivity index (χ0n) is 21.6. The quantitative estimate of drug-likeness (QED) is 0.464. The second-order valence-corrected chi connectivity index (χ2v) is 9.65. The summed E-state index contributed by atoms with van der Waals surface area (Å²) in [6, 6.07) is 15.1. The van der Waals surface area contributed by atoms with Gasteiger partial charge >= 0.3 is 0 Å². The van der Waals surface area contributed by atoms with Crippen LogP contribution < -0.4 is 14.8 Å². The van der Waals surface area contributed by atoms with Crippen molar-refractivity contribution in [2.45, 2.75) is 83.8 Å². The summed E-state index contributed by atoms with van der Waals surface area (Å²) in [5.41, 5.74) is 2.12. The van der Waals surface area contributed by atoms with Gasteiger partial charge in [-0.25, -0.2) is 0 Å². The highest BCUT2D eigenvalue weighted by Gasteiger charge is 2.30. The Balaban J connectivity index is 1.75. The van der Waals surface area contributed by atoms with Crippen LogP contribution in [0.2, 0.25) is 0 Å². The monoisotopic (exact) mass is 480 g/mol. The van der Waals surface area contributed by atoms with Crippen LogP contribution in [-0.4, -0.2) is 42.5 Å². The summed E-state index contributed by atoms with van der Waals surface area (Å²) in [6.07, 6.45) is 6.02. The Morgan fingerprint density at radius 2 is 1.74 bits per heavy atom. The van der Waals surface area contributed by atoms with E-state index in [4.69, 9.17) is 9.47 Å². The molecule has 0 aliphatic heterocycles. The van der Waals surface area contributed by atoms with Crippen molar-refractivity contribution >= 4 is 11.8 Å². The van der Waals surface area contributed by atoms with E-state index >= 15 is 0 Å². The molecule has 0 bridgehead atoms. The number of methoxy groups -OCH3 is 1. The van der Waals surface area contributed by atoms with Crippen molar-refractivity contribution in [2.24, 2.45) is 0 Å². The Labute approximate surface area is 210 Å². The first kappa shape index (κ1) is 26.6. The Morgan fingerprint density at radius 3 is 2.37 bits per heavy atom. The van der Waals surface area contributed by atoms with E-state index in [1.54, 1.807) is 12.0 Å². The van der Waals surface area contributed by atoms with Gasteiger partial charge in [-0.1, -0.05) is 64.3 Å². The second-order valence-electron chi connectivity index (χ2n) is 9.65. The minimum atomic E-state index is -0.567. The molecule has 0 unspecified atom stereocenters. The van der Waals surface area contributed by atoms with E-state index in [0.717, 1.165) is 37.0 Å². The minimum absolute atomic E-state index is 0.0862. The largest absolute Gasteiger partial charge is 0.497 e. The first-order valence-electron chi connectivity index (χ1n) is 12.9. The van der Waals surface area contributed by atoms with E-state index in [9.17, 15) is 9.59 Å². The third-order valence-electron chi connectivity index (χ3n) is 6.73. The Kier molecular flexibility index (Phi) is 10.0. The molecule has 35 heavy (non-hydrogen) atoms. The normalized spacial score (nSPS) is 14.9. The maximum Gasteiger partial charge on any atom is 0.261 e. The third-order valence-corrected chi connectivity index (χ3v) is 6.73. The predicted molar refractivity (Wildman–Crippen MR) is 139 cm³/mol. The molecule has 3 rings (SSSR count). The molecule has 2 amide bonds. The molecule has 1 aliphatic carbocycles. The summed E-state index contributed by atoms with van der Waals surface area (Å²) in [5, 5.41) is 3.21. The van der Waals surface area contributed by atoms with Crippen LogP contribution in [0.15, 0.2) is 48.5 Å². The number of nitrogens with one attached hydrogen (secondary N) is 1. The van der Waals surface area contributed by atoms with E-state index < -0.39 is 6.04 Å². The molecule has 1 saturated carbocycles. The van der Waals surface area contributed by atoms with E-state index in [-0.39, 0.29) is 24.5 Å². The number of carbonyl (C=O) groups is 2. The van der Waals surface area contributed by atoms with Gasteiger partial charge in [0.1, 0.15) is 17.5 Å². The van der Waals surface area contributed by atoms with Gasteiger partial charge in [0, 0.05) is 12.6 Å². The Morgan fingerprint density at radius 1 is 1.03 bits per heavy atom. The zero-order chi connectivity index (χ0) is 25.2. The fraction of sp³-hybridized carbons (Fsp3) is 0.517. The summed E-state index contributed by atoms with van der Waals surface area (Å²) in [7, 11) is 1.62. The van der Waals surface area contributed by atoms with Crippen molar-refractivity contribution < 1.29 is 19.1 Å². The highest BCUT2D eigenvalue weighted by Crippen LogP contribution is 2.21. The highest BCUT2D eigenvalue weighted by molar-refractivity contribution is 5.88. The van der Waals surface area contributed by atoms with Gasteiger partial charge in [0.05, 0.1) is 7.11 Å². The molecule has 0 saturated heterocycles. The van der Waals surface area contributed by atoms with Crippen LogP contribution in [-0.2, 0) is 16.1 Å². The van der Waals surface area contributed by atoms with Gasteiger partial charge in [0.2, 0.25) is 5.91 Å². The van der Waals surface area contributed by atoms with Gasteiger partial charge in [0.15, 0.2) is 6.61 Å². The van der Waals surface area contributed by atoms with Crippen LogP contribution >= 0.6 is 0 Å². The van der Waals surface area contributed by atoms with E-state index in [1.165, 1.54) is 12.0 Å². The maximum atomic E-state index is 13.4. The van der Waals surface area contributed by atoms with Crippen molar-refractivity contribution in [3.8, 4) is 11.5 Å². The molecule has 0 radical (unpaired) electrons. The zero-order valence-corrected chi connectivity index (χ0v) is 21.6. The fourth-order valence-corrected chi connectivity index (χ4v) is 4.61. The van der Waals surface area contributed by atoms with Crippen LogP contribution in [0, 0.1) is 0 Å². The third kappa shape index (κ3) is 7.74.